The van der Waals surface area contributed by atoms with E-state index in [1.54, 1.807) is 28.4 Å². The third kappa shape index (κ3) is 3.12. The number of hydrogen-bond acceptors (Lipinski definition) is 4. The Labute approximate surface area is 137 Å². The maximum absolute atomic E-state index is 13.0. The molecule has 1 aliphatic heterocycles. The maximum atomic E-state index is 13.0. The Kier molecular flexibility index (Phi) is 4.43. The van der Waals surface area contributed by atoms with Gasteiger partial charge in [-0.25, -0.2) is 9.18 Å². The zero-order valence-corrected chi connectivity index (χ0v) is 13.4. The summed E-state index contributed by atoms with van der Waals surface area (Å²) in [5.74, 6) is -0.935. The van der Waals surface area contributed by atoms with Gasteiger partial charge in [-0.3, -0.25) is 4.79 Å². The number of rotatable bonds is 3. The first-order chi connectivity index (χ1) is 11.1. The quantitative estimate of drug-likeness (QED) is 0.812. The van der Waals surface area contributed by atoms with Gasteiger partial charge < -0.3 is 9.64 Å². The number of fused-ring (bicyclic) bond motifs is 1. The molecule has 4 nitrogen and oxygen atoms in total. The topological polar surface area (TPSA) is 46.6 Å². The van der Waals surface area contributed by atoms with E-state index in [9.17, 15) is 14.0 Å². The number of carbonyl (C=O) groups is 2. The molecule has 0 saturated carbocycles. The second-order valence-electron chi connectivity index (χ2n) is 5.37. The standard InChI is InChI=1S/C17H16FNO3S/c1-22-17(21)16-13-7-9-23-14(13)6-8-19(16)15(20)10-11-2-4-12(18)5-3-11/h2-5,7,9,16H,6,8,10H2,1H3. The van der Waals surface area contributed by atoms with E-state index in [1.807, 2.05) is 11.4 Å². The first kappa shape index (κ1) is 15.7. The minimum atomic E-state index is -0.692. The van der Waals surface area contributed by atoms with E-state index >= 15 is 0 Å². The van der Waals surface area contributed by atoms with Crippen molar-refractivity contribution in [2.45, 2.75) is 18.9 Å². The normalized spacial score (nSPS) is 16.8. The van der Waals surface area contributed by atoms with Gasteiger partial charge in [0.1, 0.15) is 5.82 Å². The van der Waals surface area contributed by atoms with Crippen molar-refractivity contribution in [3.63, 3.8) is 0 Å². The van der Waals surface area contributed by atoms with Crippen LogP contribution in [0.25, 0.3) is 0 Å². The molecule has 1 atom stereocenters. The average molecular weight is 333 g/mol. The molecule has 0 saturated heterocycles. The van der Waals surface area contributed by atoms with Gasteiger partial charge >= 0.3 is 5.97 Å². The first-order valence-corrected chi connectivity index (χ1v) is 8.16. The minimum Gasteiger partial charge on any atom is -0.467 e. The van der Waals surface area contributed by atoms with Crippen molar-refractivity contribution >= 4 is 23.2 Å². The van der Waals surface area contributed by atoms with Gasteiger partial charge in [-0.15, -0.1) is 11.3 Å². The fourth-order valence-electron chi connectivity index (χ4n) is 2.83. The number of carbonyl (C=O) groups excluding carboxylic acids is 2. The molecule has 1 unspecified atom stereocenters. The molecule has 2 aromatic rings. The van der Waals surface area contributed by atoms with Crippen molar-refractivity contribution in [1.82, 2.24) is 4.90 Å². The van der Waals surface area contributed by atoms with Crippen LogP contribution in [0.4, 0.5) is 4.39 Å². The van der Waals surface area contributed by atoms with Crippen LogP contribution in [0, 0.1) is 5.82 Å². The van der Waals surface area contributed by atoms with E-state index in [-0.39, 0.29) is 18.1 Å². The molecule has 6 heteroatoms. The van der Waals surface area contributed by atoms with Crippen LogP contribution in [0.5, 0.6) is 0 Å². The Hall–Kier alpha value is -2.21. The van der Waals surface area contributed by atoms with Crippen LogP contribution in [0.2, 0.25) is 0 Å². The van der Waals surface area contributed by atoms with Gasteiger partial charge in [0, 0.05) is 11.4 Å². The SMILES string of the molecule is COC(=O)C1c2ccsc2CCN1C(=O)Cc1ccc(F)cc1. The maximum Gasteiger partial charge on any atom is 0.333 e. The zero-order valence-electron chi connectivity index (χ0n) is 12.6. The molecule has 23 heavy (non-hydrogen) atoms. The fraction of sp³-hybridized carbons (Fsp3) is 0.294. The number of esters is 1. The summed E-state index contributed by atoms with van der Waals surface area (Å²) in [7, 11) is 1.33. The Morgan fingerprint density at radius 1 is 1.30 bits per heavy atom. The highest BCUT2D eigenvalue weighted by Crippen LogP contribution is 2.34. The predicted octanol–water partition coefficient (Wildman–Crippen LogP) is 2.73. The van der Waals surface area contributed by atoms with Crippen LogP contribution in [0.3, 0.4) is 0 Å². The lowest BCUT2D eigenvalue weighted by atomic mass is 9.99. The summed E-state index contributed by atoms with van der Waals surface area (Å²) < 4.78 is 17.9. The molecule has 120 valence electrons. The Bertz CT molecular complexity index is 726. The van der Waals surface area contributed by atoms with Gasteiger partial charge in [-0.1, -0.05) is 12.1 Å². The van der Waals surface area contributed by atoms with Crippen molar-refractivity contribution in [3.05, 3.63) is 57.5 Å². The first-order valence-electron chi connectivity index (χ1n) is 7.28. The molecular formula is C17H16FNO3S. The number of thiophene rings is 1. The molecule has 1 aromatic heterocycles. The largest absolute Gasteiger partial charge is 0.467 e. The van der Waals surface area contributed by atoms with Crippen molar-refractivity contribution < 1.29 is 18.7 Å². The van der Waals surface area contributed by atoms with Gasteiger partial charge in [-0.2, -0.15) is 0 Å². The van der Waals surface area contributed by atoms with Crippen LogP contribution >= 0.6 is 11.3 Å². The molecule has 0 spiro atoms. The molecule has 3 rings (SSSR count). The highest BCUT2D eigenvalue weighted by atomic mass is 32.1. The molecule has 0 radical (unpaired) electrons. The van der Waals surface area contributed by atoms with E-state index in [0.717, 1.165) is 22.4 Å². The van der Waals surface area contributed by atoms with Gasteiger partial charge in [-0.05, 0) is 41.1 Å². The molecular weight excluding hydrogens is 317 g/mol. The van der Waals surface area contributed by atoms with E-state index in [4.69, 9.17) is 4.74 Å². The Balaban J connectivity index is 1.84. The smallest absolute Gasteiger partial charge is 0.333 e. The lowest BCUT2D eigenvalue weighted by molar-refractivity contribution is -0.153. The summed E-state index contributed by atoms with van der Waals surface area (Å²) >= 11 is 1.59. The van der Waals surface area contributed by atoms with E-state index in [1.165, 1.54) is 19.2 Å². The summed E-state index contributed by atoms with van der Waals surface area (Å²) in [4.78, 5) is 27.5. The summed E-state index contributed by atoms with van der Waals surface area (Å²) in [5.41, 5.74) is 1.57. The van der Waals surface area contributed by atoms with Crippen LogP contribution in [-0.4, -0.2) is 30.4 Å². The van der Waals surface area contributed by atoms with Gasteiger partial charge in [0.2, 0.25) is 5.91 Å². The third-order valence-corrected chi connectivity index (χ3v) is 4.98. The van der Waals surface area contributed by atoms with Crippen molar-refractivity contribution in [3.8, 4) is 0 Å². The number of ether oxygens (including phenoxy) is 1. The molecule has 0 N–H and O–H groups in total. The van der Waals surface area contributed by atoms with Crippen LogP contribution < -0.4 is 0 Å². The van der Waals surface area contributed by atoms with E-state index in [2.05, 4.69) is 0 Å². The van der Waals surface area contributed by atoms with Crippen molar-refractivity contribution in [2.24, 2.45) is 0 Å². The number of hydrogen-bond donors (Lipinski definition) is 0. The summed E-state index contributed by atoms with van der Waals surface area (Å²) in [6.07, 6.45) is 0.864. The van der Waals surface area contributed by atoms with Crippen molar-refractivity contribution in [2.75, 3.05) is 13.7 Å². The highest BCUT2D eigenvalue weighted by Gasteiger charge is 2.37. The molecule has 0 aliphatic carbocycles. The third-order valence-electron chi connectivity index (χ3n) is 3.98. The number of methoxy groups -OCH3 is 1. The highest BCUT2D eigenvalue weighted by molar-refractivity contribution is 7.10. The monoisotopic (exact) mass is 333 g/mol. The number of benzene rings is 1. The summed E-state index contributed by atoms with van der Waals surface area (Å²) in [5, 5.41) is 1.93. The van der Waals surface area contributed by atoms with Crippen LogP contribution in [0.1, 0.15) is 22.0 Å². The molecule has 1 aromatic carbocycles. The van der Waals surface area contributed by atoms with Gasteiger partial charge in [0.15, 0.2) is 6.04 Å². The summed E-state index contributed by atoms with van der Waals surface area (Å²) in [6.45, 7) is 0.479. The predicted molar refractivity (Wildman–Crippen MR) is 84.6 cm³/mol. The summed E-state index contributed by atoms with van der Waals surface area (Å²) in [6, 6.07) is 7.00. The molecule has 0 fully saturated rings. The van der Waals surface area contributed by atoms with Gasteiger partial charge in [0.25, 0.3) is 0 Å². The number of halogens is 1. The number of nitrogens with zero attached hydrogens (tertiary/aromatic N) is 1. The average Bonchev–Trinajstić information content (AvgIpc) is 3.03. The van der Waals surface area contributed by atoms with Crippen LogP contribution in [-0.2, 0) is 27.2 Å². The Morgan fingerprint density at radius 2 is 2.04 bits per heavy atom. The minimum absolute atomic E-state index is 0.132. The zero-order chi connectivity index (χ0) is 16.4. The fourth-order valence-corrected chi connectivity index (χ4v) is 3.73. The number of amides is 1. The lowest BCUT2D eigenvalue weighted by Gasteiger charge is -2.34. The lowest BCUT2D eigenvalue weighted by Crippen LogP contribution is -2.44. The molecule has 1 amide bonds. The Morgan fingerprint density at radius 3 is 2.74 bits per heavy atom. The molecule has 0 bridgehead atoms. The van der Waals surface area contributed by atoms with Crippen LogP contribution in [0.15, 0.2) is 35.7 Å². The molecule has 2 heterocycles. The second-order valence-corrected chi connectivity index (χ2v) is 6.37. The van der Waals surface area contributed by atoms with Crippen molar-refractivity contribution in [1.29, 1.82) is 0 Å². The molecule has 1 aliphatic rings. The van der Waals surface area contributed by atoms with E-state index < -0.39 is 12.0 Å². The van der Waals surface area contributed by atoms with E-state index in [0.29, 0.717) is 6.54 Å². The second kappa shape index (κ2) is 6.50. The van der Waals surface area contributed by atoms with Gasteiger partial charge in [0.05, 0.1) is 13.5 Å².